The summed E-state index contributed by atoms with van der Waals surface area (Å²) in [6.45, 7) is 4.35. The van der Waals surface area contributed by atoms with Crippen LogP contribution in [0.2, 0.25) is 0 Å². The number of nitrogens with zero attached hydrogens (tertiary/aromatic N) is 1. The summed E-state index contributed by atoms with van der Waals surface area (Å²) in [5.74, 6) is 1.11. The highest BCUT2D eigenvalue weighted by Gasteiger charge is 2.14. The average molecular weight is 176 g/mol. The zero-order valence-corrected chi connectivity index (χ0v) is 8.30. The van der Waals surface area contributed by atoms with E-state index in [4.69, 9.17) is 0 Å². The third kappa shape index (κ3) is 1.67. The number of nitrogens with one attached hydrogen (secondary N) is 1. The molecule has 0 saturated heterocycles. The van der Waals surface area contributed by atoms with Gasteiger partial charge in [0.1, 0.15) is 5.82 Å². The number of aromatic nitrogens is 1. The quantitative estimate of drug-likeness (QED) is 0.710. The van der Waals surface area contributed by atoms with Crippen LogP contribution in [0.25, 0.3) is 0 Å². The highest BCUT2D eigenvalue weighted by Crippen LogP contribution is 2.22. The van der Waals surface area contributed by atoms with Crippen molar-refractivity contribution in [1.29, 1.82) is 0 Å². The SMILES string of the molecule is CCc1ccc2c(n1)NC(C)CC2. The Morgan fingerprint density at radius 2 is 2.38 bits per heavy atom. The van der Waals surface area contributed by atoms with Gasteiger partial charge in [0.25, 0.3) is 0 Å². The van der Waals surface area contributed by atoms with E-state index >= 15 is 0 Å². The van der Waals surface area contributed by atoms with Crippen molar-refractivity contribution < 1.29 is 0 Å². The van der Waals surface area contributed by atoms with Gasteiger partial charge in [-0.3, -0.25) is 0 Å². The van der Waals surface area contributed by atoms with Gasteiger partial charge in [-0.05, 0) is 37.8 Å². The molecule has 0 aromatic carbocycles. The summed E-state index contributed by atoms with van der Waals surface area (Å²) < 4.78 is 0. The number of aryl methyl sites for hydroxylation is 2. The fourth-order valence-electron chi connectivity index (χ4n) is 1.73. The van der Waals surface area contributed by atoms with Gasteiger partial charge in [-0.25, -0.2) is 4.98 Å². The lowest BCUT2D eigenvalue weighted by atomic mass is 10.0. The Kier molecular flexibility index (Phi) is 2.21. The number of hydrogen-bond donors (Lipinski definition) is 1. The van der Waals surface area contributed by atoms with Crippen molar-refractivity contribution in [3.63, 3.8) is 0 Å². The number of rotatable bonds is 1. The Hall–Kier alpha value is -1.05. The van der Waals surface area contributed by atoms with E-state index in [1.54, 1.807) is 0 Å². The molecule has 2 nitrogen and oxygen atoms in total. The number of anilines is 1. The minimum Gasteiger partial charge on any atom is -0.367 e. The molecule has 0 saturated carbocycles. The smallest absolute Gasteiger partial charge is 0.129 e. The molecule has 13 heavy (non-hydrogen) atoms. The van der Waals surface area contributed by atoms with Crippen LogP contribution in [-0.2, 0) is 12.8 Å². The normalized spacial score (nSPS) is 20.6. The molecular formula is C11H16N2. The van der Waals surface area contributed by atoms with Crippen molar-refractivity contribution >= 4 is 5.82 Å². The summed E-state index contributed by atoms with van der Waals surface area (Å²) in [7, 11) is 0. The number of pyridine rings is 1. The third-order valence-electron chi connectivity index (χ3n) is 2.63. The fourth-order valence-corrected chi connectivity index (χ4v) is 1.73. The van der Waals surface area contributed by atoms with Crippen LogP contribution in [0.15, 0.2) is 12.1 Å². The highest BCUT2D eigenvalue weighted by atomic mass is 15.0. The van der Waals surface area contributed by atoms with E-state index in [9.17, 15) is 0 Å². The Morgan fingerprint density at radius 1 is 1.54 bits per heavy atom. The van der Waals surface area contributed by atoms with Crippen LogP contribution in [0, 0.1) is 0 Å². The first kappa shape index (κ1) is 8.54. The summed E-state index contributed by atoms with van der Waals surface area (Å²) in [5, 5.41) is 3.42. The standard InChI is InChI=1S/C11H16N2/c1-3-10-7-6-9-5-4-8(2)12-11(9)13-10/h6-8H,3-5H2,1-2H3,(H,12,13). The van der Waals surface area contributed by atoms with E-state index in [1.807, 2.05) is 0 Å². The second-order valence-corrected chi connectivity index (χ2v) is 3.75. The zero-order valence-electron chi connectivity index (χ0n) is 8.30. The summed E-state index contributed by atoms with van der Waals surface area (Å²) in [5.41, 5.74) is 2.55. The van der Waals surface area contributed by atoms with E-state index in [0.29, 0.717) is 6.04 Å². The number of hydrogen-bond acceptors (Lipinski definition) is 2. The lowest BCUT2D eigenvalue weighted by Crippen LogP contribution is -2.23. The zero-order chi connectivity index (χ0) is 9.26. The molecule has 1 aliphatic heterocycles. The van der Waals surface area contributed by atoms with E-state index in [1.165, 1.54) is 24.1 Å². The van der Waals surface area contributed by atoms with Crippen LogP contribution in [0.4, 0.5) is 5.82 Å². The van der Waals surface area contributed by atoms with E-state index in [2.05, 4.69) is 36.3 Å². The summed E-state index contributed by atoms with van der Waals surface area (Å²) in [4.78, 5) is 4.57. The molecule has 0 bridgehead atoms. The van der Waals surface area contributed by atoms with Gasteiger partial charge in [0, 0.05) is 11.7 Å². The fraction of sp³-hybridized carbons (Fsp3) is 0.545. The van der Waals surface area contributed by atoms with Crippen molar-refractivity contribution in [3.8, 4) is 0 Å². The van der Waals surface area contributed by atoms with Gasteiger partial charge >= 0.3 is 0 Å². The molecule has 70 valence electrons. The van der Waals surface area contributed by atoms with Gasteiger partial charge in [0.15, 0.2) is 0 Å². The maximum atomic E-state index is 4.57. The molecule has 0 amide bonds. The average Bonchev–Trinajstić information content (AvgIpc) is 2.16. The maximum absolute atomic E-state index is 4.57. The van der Waals surface area contributed by atoms with Crippen molar-refractivity contribution in [2.45, 2.75) is 39.2 Å². The summed E-state index contributed by atoms with van der Waals surface area (Å²) in [6, 6.07) is 4.92. The molecule has 1 aromatic rings. The van der Waals surface area contributed by atoms with Gasteiger partial charge in [0.2, 0.25) is 0 Å². The van der Waals surface area contributed by atoms with E-state index < -0.39 is 0 Å². The minimum absolute atomic E-state index is 0.576. The van der Waals surface area contributed by atoms with Crippen LogP contribution >= 0.6 is 0 Å². The van der Waals surface area contributed by atoms with Gasteiger partial charge in [-0.15, -0.1) is 0 Å². The molecule has 2 rings (SSSR count). The lowest BCUT2D eigenvalue weighted by Gasteiger charge is -2.23. The molecule has 2 heteroatoms. The molecule has 0 spiro atoms. The van der Waals surface area contributed by atoms with Crippen molar-refractivity contribution in [2.75, 3.05) is 5.32 Å². The monoisotopic (exact) mass is 176 g/mol. The van der Waals surface area contributed by atoms with Crippen LogP contribution in [0.1, 0.15) is 31.5 Å². The predicted octanol–water partition coefficient (Wildman–Crippen LogP) is 2.39. The Labute approximate surface area is 79.4 Å². The van der Waals surface area contributed by atoms with E-state index in [0.717, 1.165) is 12.2 Å². The molecule has 2 heterocycles. The molecule has 1 aliphatic rings. The minimum atomic E-state index is 0.576. The third-order valence-corrected chi connectivity index (χ3v) is 2.63. The van der Waals surface area contributed by atoms with Crippen molar-refractivity contribution in [3.05, 3.63) is 23.4 Å². The maximum Gasteiger partial charge on any atom is 0.129 e. The van der Waals surface area contributed by atoms with Crippen molar-refractivity contribution in [2.24, 2.45) is 0 Å². The molecule has 0 fully saturated rings. The predicted molar refractivity (Wildman–Crippen MR) is 55.0 cm³/mol. The largest absolute Gasteiger partial charge is 0.367 e. The summed E-state index contributed by atoms with van der Waals surface area (Å²) >= 11 is 0. The number of fused-ring (bicyclic) bond motifs is 1. The van der Waals surface area contributed by atoms with Gasteiger partial charge < -0.3 is 5.32 Å². The second-order valence-electron chi connectivity index (χ2n) is 3.75. The van der Waals surface area contributed by atoms with Crippen LogP contribution in [0.3, 0.4) is 0 Å². The Balaban J connectivity index is 2.32. The summed E-state index contributed by atoms with van der Waals surface area (Å²) in [6.07, 6.45) is 3.41. The topological polar surface area (TPSA) is 24.9 Å². The van der Waals surface area contributed by atoms with E-state index in [-0.39, 0.29) is 0 Å². The second kappa shape index (κ2) is 3.36. The van der Waals surface area contributed by atoms with Crippen LogP contribution in [-0.4, -0.2) is 11.0 Å². The molecule has 1 unspecified atom stereocenters. The van der Waals surface area contributed by atoms with Crippen LogP contribution < -0.4 is 5.32 Å². The van der Waals surface area contributed by atoms with Gasteiger partial charge in [-0.1, -0.05) is 13.0 Å². The molecule has 0 aliphatic carbocycles. The molecule has 1 N–H and O–H groups in total. The lowest BCUT2D eigenvalue weighted by molar-refractivity contribution is 0.672. The molecule has 1 aromatic heterocycles. The van der Waals surface area contributed by atoms with Gasteiger partial charge in [0.05, 0.1) is 0 Å². The Morgan fingerprint density at radius 3 is 3.15 bits per heavy atom. The van der Waals surface area contributed by atoms with Gasteiger partial charge in [-0.2, -0.15) is 0 Å². The Bertz CT molecular complexity index is 307. The highest BCUT2D eigenvalue weighted by molar-refractivity contribution is 5.47. The molecule has 0 radical (unpaired) electrons. The first-order valence-corrected chi connectivity index (χ1v) is 5.05. The molecule has 1 atom stereocenters. The first-order valence-electron chi connectivity index (χ1n) is 5.05. The van der Waals surface area contributed by atoms with Crippen molar-refractivity contribution in [1.82, 2.24) is 4.98 Å². The molecular weight excluding hydrogens is 160 g/mol. The van der Waals surface area contributed by atoms with Crippen LogP contribution in [0.5, 0.6) is 0 Å². The first-order chi connectivity index (χ1) is 6.29.